The standard InChI is InChI=1S/C20H25ClN4O2/c1-27-18-7-6-16(21)12-17(18)24-20(26)8-5-15-4-2-11-25(13-15)14-19-22-9-3-10-23-19/h3,6-7,9-10,12,15H,2,4-5,8,11,13-14H2,1H3,(H,24,26). The Kier molecular flexibility index (Phi) is 7.01. The van der Waals surface area contributed by atoms with Gasteiger partial charge in [-0.1, -0.05) is 11.6 Å². The second-order valence-corrected chi connectivity index (χ2v) is 7.28. The van der Waals surface area contributed by atoms with Crippen LogP contribution in [0.5, 0.6) is 5.75 Å². The summed E-state index contributed by atoms with van der Waals surface area (Å²) in [4.78, 5) is 23.3. The van der Waals surface area contributed by atoms with Gasteiger partial charge in [-0.2, -0.15) is 0 Å². The molecule has 2 heterocycles. The molecule has 1 atom stereocenters. The smallest absolute Gasteiger partial charge is 0.224 e. The van der Waals surface area contributed by atoms with Crippen LogP contribution in [-0.4, -0.2) is 41.0 Å². The Hall–Kier alpha value is -2.18. The van der Waals surface area contributed by atoms with Crippen molar-refractivity contribution in [2.24, 2.45) is 5.92 Å². The minimum absolute atomic E-state index is 0.0147. The van der Waals surface area contributed by atoms with Gasteiger partial charge in [-0.25, -0.2) is 9.97 Å². The van der Waals surface area contributed by atoms with E-state index in [0.29, 0.717) is 28.8 Å². The molecule has 1 N–H and O–H groups in total. The van der Waals surface area contributed by atoms with E-state index in [1.807, 2.05) is 6.07 Å². The zero-order chi connectivity index (χ0) is 19.1. The third-order valence-corrected chi connectivity index (χ3v) is 5.04. The zero-order valence-corrected chi connectivity index (χ0v) is 16.3. The van der Waals surface area contributed by atoms with E-state index < -0.39 is 0 Å². The largest absolute Gasteiger partial charge is 0.495 e. The molecule has 3 rings (SSSR count). The van der Waals surface area contributed by atoms with Crippen molar-refractivity contribution < 1.29 is 9.53 Å². The van der Waals surface area contributed by atoms with Crippen LogP contribution in [0.1, 0.15) is 31.5 Å². The van der Waals surface area contributed by atoms with Gasteiger partial charge in [0.1, 0.15) is 11.6 Å². The van der Waals surface area contributed by atoms with Gasteiger partial charge in [-0.05, 0) is 56.0 Å². The average Bonchev–Trinajstić information content (AvgIpc) is 2.68. The first-order valence-corrected chi connectivity index (χ1v) is 9.63. The number of nitrogens with zero attached hydrogens (tertiary/aromatic N) is 3. The molecule has 1 aliphatic heterocycles. The molecule has 1 aromatic carbocycles. The predicted molar refractivity (Wildman–Crippen MR) is 106 cm³/mol. The lowest BCUT2D eigenvalue weighted by atomic mass is 9.93. The van der Waals surface area contributed by atoms with Gasteiger partial charge in [0, 0.05) is 30.4 Å². The molecule has 0 radical (unpaired) electrons. The first-order valence-electron chi connectivity index (χ1n) is 9.25. The van der Waals surface area contributed by atoms with Crippen molar-refractivity contribution in [2.45, 2.75) is 32.2 Å². The maximum absolute atomic E-state index is 12.4. The number of hydrogen-bond donors (Lipinski definition) is 1. The van der Waals surface area contributed by atoms with E-state index in [-0.39, 0.29) is 5.91 Å². The fraction of sp³-hybridized carbons (Fsp3) is 0.450. The summed E-state index contributed by atoms with van der Waals surface area (Å²) in [6.45, 7) is 2.80. The van der Waals surface area contributed by atoms with Gasteiger partial charge in [0.25, 0.3) is 0 Å². The number of aromatic nitrogens is 2. The molecule has 0 saturated carbocycles. The van der Waals surface area contributed by atoms with E-state index >= 15 is 0 Å². The van der Waals surface area contributed by atoms with Crippen molar-refractivity contribution in [3.63, 3.8) is 0 Å². The Morgan fingerprint density at radius 1 is 1.37 bits per heavy atom. The van der Waals surface area contributed by atoms with Crippen LogP contribution < -0.4 is 10.1 Å². The molecule has 144 valence electrons. The number of carbonyl (C=O) groups excluding carboxylic acids is 1. The lowest BCUT2D eigenvalue weighted by molar-refractivity contribution is -0.116. The average molecular weight is 389 g/mol. The van der Waals surface area contributed by atoms with Crippen LogP contribution in [0.25, 0.3) is 0 Å². The summed E-state index contributed by atoms with van der Waals surface area (Å²) < 4.78 is 5.27. The van der Waals surface area contributed by atoms with E-state index in [1.165, 1.54) is 0 Å². The van der Waals surface area contributed by atoms with Crippen LogP contribution in [-0.2, 0) is 11.3 Å². The number of carbonyl (C=O) groups is 1. The van der Waals surface area contributed by atoms with Crippen molar-refractivity contribution in [2.75, 3.05) is 25.5 Å². The van der Waals surface area contributed by atoms with Crippen molar-refractivity contribution in [1.82, 2.24) is 14.9 Å². The summed E-state index contributed by atoms with van der Waals surface area (Å²) in [5.74, 6) is 1.96. The molecular weight excluding hydrogens is 364 g/mol. The number of nitrogens with one attached hydrogen (secondary N) is 1. The molecule has 0 aliphatic carbocycles. The molecule has 7 heteroatoms. The van der Waals surface area contributed by atoms with Gasteiger partial charge in [-0.3, -0.25) is 9.69 Å². The van der Waals surface area contributed by atoms with Crippen LogP contribution in [0.4, 0.5) is 5.69 Å². The molecule has 1 amide bonds. The summed E-state index contributed by atoms with van der Waals surface area (Å²) >= 11 is 6.02. The van der Waals surface area contributed by atoms with Gasteiger partial charge in [-0.15, -0.1) is 0 Å². The van der Waals surface area contributed by atoms with Crippen molar-refractivity contribution in [3.8, 4) is 5.75 Å². The highest BCUT2D eigenvalue weighted by Crippen LogP contribution is 2.28. The number of benzene rings is 1. The first-order chi connectivity index (χ1) is 13.1. The zero-order valence-electron chi connectivity index (χ0n) is 15.5. The SMILES string of the molecule is COc1ccc(Cl)cc1NC(=O)CCC1CCCN(Cc2ncccn2)C1. The van der Waals surface area contributed by atoms with Crippen molar-refractivity contribution in [3.05, 3.63) is 47.5 Å². The molecule has 1 aromatic heterocycles. The number of rotatable bonds is 7. The number of amides is 1. The molecule has 1 aliphatic rings. The number of halogens is 1. The van der Waals surface area contributed by atoms with Gasteiger partial charge in [0.2, 0.25) is 5.91 Å². The van der Waals surface area contributed by atoms with Gasteiger partial charge in [0.15, 0.2) is 0 Å². The summed E-state index contributed by atoms with van der Waals surface area (Å²) in [6, 6.07) is 7.03. The summed E-state index contributed by atoms with van der Waals surface area (Å²) in [7, 11) is 1.58. The third kappa shape index (κ3) is 5.91. The number of ether oxygens (including phenoxy) is 1. The maximum atomic E-state index is 12.4. The number of piperidine rings is 1. The van der Waals surface area contributed by atoms with Crippen molar-refractivity contribution in [1.29, 1.82) is 0 Å². The highest BCUT2D eigenvalue weighted by Gasteiger charge is 2.21. The molecule has 0 bridgehead atoms. The Morgan fingerprint density at radius 3 is 2.96 bits per heavy atom. The molecule has 1 saturated heterocycles. The topological polar surface area (TPSA) is 67.3 Å². The normalized spacial score (nSPS) is 17.5. The predicted octanol–water partition coefficient (Wildman–Crippen LogP) is 3.77. The van der Waals surface area contributed by atoms with Crippen LogP contribution >= 0.6 is 11.6 Å². The Morgan fingerprint density at radius 2 is 2.19 bits per heavy atom. The van der Waals surface area contributed by atoms with Gasteiger partial charge in [0.05, 0.1) is 19.3 Å². The highest BCUT2D eigenvalue weighted by molar-refractivity contribution is 6.31. The highest BCUT2D eigenvalue weighted by atomic mass is 35.5. The van der Waals surface area contributed by atoms with Crippen molar-refractivity contribution >= 4 is 23.2 Å². The number of likely N-dealkylation sites (tertiary alicyclic amines) is 1. The van der Waals surface area contributed by atoms with Gasteiger partial charge >= 0.3 is 0 Å². The fourth-order valence-corrected chi connectivity index (χ4v) is 3.64. The second kappa shape index (κ2) is 9.67. The number of anilines is 1. The molecular formula is C20H25ClN4O2. The van der Waals surface area contributed by atoms with E-state index in [0.717, 1.165) is 44.7 Å². The maximum Gasteiger partial charge on any atom is 0.224 e. The first kappa shape index (κ1) is 19.6. The quantitative estimate of drug-likeness (QED) is 0.782. The molecule has 27 heavy (non-hydrogen) atoms. The van der Waals surface area contributed by atoms with E-state index in [4.69, 9.17) is 16.3 Å². The summed E-state index contributed by atoms with van der Waals surface area (Å²) in [5.41, 5.74) is 0.612. The van der Waals surface area contributed by atoms with Crippen LogP contribution in [0.2, 0.25) is 5.02 Å². The Balaban J connectivity index is 1.48. The van der Waals surface area contributed by atoms with Gasteiger partial charge < -0.3 is 10.1 Å². The van der Waals surface area contributed by atoms with E-state index in [1.54, 1.807) is 37.7 Å². The molecule has 6 nitrogen and oxygen atoms in total. The fourth-order valence-electron chi connectivity index (χ4n) is 3.47. The number of hydrogen-bond acceptors (Lipinski definition) is 5. The Bertz CT molecular complexity index is 757. The molecule has 2 aromatic rings. The van der Waals surface area contributed by atoms with Crippen LogP contribution in [0.3, 0.4) is 0 Å². The summed E-state index contributed by atoms with van der Waals surface area (Å²) in [5, 5.41) is 3.48. The minimum Gasteiger partial charge on any atom is -0.495 e. The molecule has 0 spiro atoms. The Labute approximate surface area is 164 Å². The lowest BCUT2D eigenvalue weighted by Crippen LogP contribution is -2.35. The van der Waals surface area contributed by atoms with Crippen LogP contribution in [0, 0.1) is 5.92 Å². The second-order valence-electron chi connectivity index (χ2n) is 6.84. The molecule has 1 unspecified atom stereocenters. The lowest BCUT2D eigenvalue weighted by Gasteiger charge is -2.32. The van der Waals surface area contributed by atoms with E-state index in [9.17, 15) is 4.79 Å². The van der Waals surface area contributed by atoms with E-state index in [2.05, 4.69) is 20.2 Å². The van der Waals surface area contributed by atoms with Crippen LogP contribution in [0.15, 0.2) is 36.7 Å². The minimum atomic E-state index is -0.0147. The molecule has 1 fully saturated rings. The number of methoxy groups -OCH3 is 1. The monoisotopic (exact) mass is 388 g/mol. The third-order valence-electron chi connectivity index (χ3n) is 4.80. The summed E-state index contributed by atoms with van der Waals surface area (Å²) in [6.07, 6.45) is 7.19.